The van der Waals surface area contributed by atoms with Crippen LogP contribution in [0.15, 0.2) is 65.8 Å². The Morgan fingerprint density at radius 3 is 1.93 bits per heavy atom. The zero-order valence-electron chi connectivity index (χ0n) is 37.4. The van der Waals surface area contributed by atoms with E-state index in [1.54, 1.807) is 0 Å². The Morgan fingerprint density at radius 2 is 1.31 bits per heavy atom. The van der Waals surface area contributed by atoms with Crippen LogP contribution in [0.1, 0.15) is 67.6 Å². The van der Waals surface area contributed by atoms with E-state index in [1.807, 2.05) is 0 Å². The maximum atomic E-state index is 13.7. The van der Waals surface area contributed by atoms with Gasteiger partial charge in [-0.2, -0.15) is 16.8 Å². The van der Waals surface area contributed by atoms with E-state index in [0.29, 0.717) is 5.56 Å². The monoisotopic (exact) mass is 1050 g/mol. The fraction of sp³-hybridized carbons (Fsp3) is 0.439. The fourth-order valence-corrected chi connectivity index (χ4v) is 8.30. The van der Waals surface area contributed by atoms with Crippen LogP contribution in [0.4, 0.5) is 7.77 Å². The quantitative estimate of drug-likeness (QED) is 0.0158. The normalized spacial score (nSPS) is 18.0. The summed E-state index contributed by atoms with van der Waals surface area (Å²) < 4.78 is 154. The predicted molar refractivity (Wildman–Crippen MR) is 232 cm³/mol. The van der Waals surface area contributed by atoms with Gasteiger partial charge in [-0.15, -0.1) is 16.2 Å². The molecule has 1 fully saturated rings. The van der Waals surface area contributed by atoms with Crippen molar-refractivity contribution in [2.45, 2.75) is 89.4 Å². The van der Waals surface area contributed by atoms with Crippen molar-refractivity contribution in [2.24, 2.45) is 5.11 Å². The van der Waals surface area contributed by atoms with Crippen LogP contribution in [-0.2, 0) is 96.6 Å². The second-order valence-corrected chi connectivity index (χ2v) is 18.6. The van der Waals surface area contributed by atoms with Crippen molar-refractivity contribution in [2.75, 3.05) is 26.4 Å². The lowest BCUT2D eigenvalue weighted by atomic mass is 9.98. The summed E-state index contributed by atoms with van der Waals surface area (Å²) in [4.78, 5) is 64.7. The summed E-state index contributed by atoms with van der Waals surface area (Å²) in [6.07, 6.45) is -8.35. The van der Waals surface area contributed by atoms with Crippen LogP contribution in [-0.4, -0.2) is 112 Å². The molecule has 1 aliphatic heterocycles. The average Bonchev–Trinajstić information content (AvgIpc) is 3.23. The lowest BCUT2D eigenvalue weighted by molar-refractivity contribution is -0.288. The van der Waals surface area contributed by atoms with Gasteiger partial charge in [0.05, 0.1) is 6.61 Å². The molecule has 0 spiro atoms. The number of ketones is 1. The van der Waals surface area contributed by atoms with Crippen LogP contribution in [0.25, 0.3) is 10.4 Å². The van der Waals surface area contributed by atoms with E-state index >= 15 is 0 Å². The molecule has 382 valence electrons. The average molecular weight is 1050 g/mol. The molecule has 29 heteroatoms. The number of esters is 4. The molecule has 1 saturated heterocycles. The van der Waals surface area contributed by atoms with Crippen LogP contribution >= 0.6 is 0 Å². The third-order valence-electron chi connectivity index (χ3n) is 9.05. The van der Waals surface area contributed by atoms with E-state index in [9.17, 15) is 57.0 Å². The first-order valence-electron chi connectivity index (χ1n) is 20.4. The van der Waals surface area contributed by atoms with Crippen LogP contribution in [0.3, 0.4) is 0 Å². The number of azide groups is 1. The third-order valence-corrected chi connectivity index (χ3v) is 11.2. The maximum Gasteiger partial charge on any atom is 0.501 e. The number of carbonyl (C=O) groups is 5. The highest BCUT2D eigenvalue weighted by Gasteiger charge is 2.53. The van der Waals surface area contributed by atoms with Crippen molar-refractivity contribution in [1.82, 2.24) is 0 Å². The van der Waals surface area contributed by atoms with Crippen molar-refractivity contribution >= 4 is 60.5 Å². The SMILES string of the molecule is CC(=O)OC[C@@H]1OC(Oc2ccc(C(=O)CCCOCCN=[N+]=[N-])cc2OS(=O)(=O)Oc2ccc(COc3ccc(CS(=O)(=O)F)cc3CS(=O)(=O)F)cc2)[C@@H](OC(C)=O)[C@H](OC(C)=O)[C@@H]1OC(C)=O. The lowest BCUT2D eigenvalue weighted by Gasteiger charge is -2.43. The number of carbonyl (C=O) groups excluding carboxylic acids is 5. The molecule has 24 nitrogen and oxygen atoms in total. The van der Waals surface area contributed by atoms with Crippen molar-refractivity contribution in [3.8, 4) is 23.0 Å². The number of benzene rings is 3. The topological polar surface area (TPSA) is 329 Å². The molecule has 5 atom stereocenters. The summed E-state index contributed by atoms with van der Waals surface area (Å²) in [5.74, 6) is -8.31. The Labute approximate surface area is 399 Å². The maximum absolute atomic E-state index is 13.7. The van der Waals surface area contributed by atoms with Crippen LogP contribution in [0.2, 0.25) is 0 Å². The molecule has 1 heterocycles. The molecule has 0 bridgehead atoms. The first-order valence-corrected chi connectivity index (χ1v) is 24.8. The van der Waals surface area contributed by atoms with Crippen LogP contribution in [0, 0.1) is 0 Å². The van der Waals surface area contributed by atoms with E-state index in [2.05, 4.69) is 10.0 Å². The zero-order chi connectivity index (χ0) is 51.8. The third kappa shape index (κ3) is 19.0. The van der Waals surface area contributed by atoms with Gasteiger partial charge in [0.1, 0.15) is 42.3 Å². The zero-order valence-corrected chi connectivity index (χ0v) is 39.9. The number of hydrogen-bond acceptors (Lipinski definition) is 22. The first kappa shape index (κ1) is 55.9. The Bertz CT molecular complexity index is 2770. The van der Waals surface area contributed by atoms with Crippen LogP contribution in [0.5, 0.6) is 23.0 Å². The van der Waals surface area contributed by atoms with Gasteiger partial charge in [0.15, 0.2) is 29.5 Å². The van der Waals surface area contributed by atoms with Crippen molar-refractivity contribution in [3.63, 3.8) is 0 Å². The second kappa shape index (κ2) is 25.3. The summed E-state index contributed by atoms with van der Waals surface area (Å²) in [5, 5.41) is 3.34. The minimum atomic E-state index is -5.19. The molecule has 3 aromatic carbocycles. The smallest absolute Gasteiger partial charge is 0.489 e. The summed E-state index contributed by atoms with van der Waals surface area (Å²) in [6.45, 7) is 3.28. The molecule has 0 saturated carbocycles. The van der Waals surface area contributed by atoms with Gasteiger partial charge in [-0.05, 0) is 65.5 Å². The highest BCUT2D eigenvalue weighted by atomic mass is 32.3. The second-order valence-electron chi connectivity index (χ2n) is 14.8. The highest BCUT2D eigenvalue weighted by molar-refractivity contribution is 7.85. The Kier molecular flexibility index (Phi) is 20.2. The minimum Gasteiger partial charge on any atom is -0.489 e. The highest BCUT2D eigenvalue weighted by Crippen LogP contribution is 2.37. The van der Waals surface area contributed by atoms with Crippen molar-refractivity contribution in [3.05, 3.63) is 93.4 Å². The molecule has 1 unspecified atom stereocenters. The molecule has 0 aliphatic carbocycles. The van der Waals surface area contributed by atoms with Gasteiger partial charge in [-0.3, -0.25) is 24.0 Å². The minimum absolute atomic E-state index is 0.0538. The Hall–Kier alpha value is -6.65. The summed E-state index contributed by atoms with van der Waals surface area (Å²) >= 11 is 0. The predicted octanol–water partition coefficient (Wildman–Crippen LogP) is 4.32. The van der Waals surface area contributed by atoms with E-state index in [-0.39, 0.29) is 67.4 Å². The standard InChI is InChI=1S/C41H45F2N3O21S3/c1-24(47)59-21-37-38(61-25(2)48)39(62-26(3)49)40(63-27(4)50)41(65-37)64-35-14-10-30(33(51)6-5-16-58-17-15-45-46-44)19-36(35)67-70(56,57)66-32-11-7-28(8-12-32)20-60-34-13-9-29(22-68(42,52)53)18-31(34)23-69(43,54)55/h7-14,18-19,37-41H,5-6,15-17,20-23H2,1-4H3/t37-,38+,39+,40-,41?/m0/s1. The van der Waals surface area contributed by atoms with Crippen molar-refractivity contribution < 1.29 is 103 Å². The molecule has 1 aliphatic rings. The summed E-state index contributed by atoms with van der Waals surface area (Å²) in [6, 6.07) is 11.4. The van der Waals surface area contributed by atoms with Gasteiger partial charge in [0.2, 0.25) is 12.4 Å². The molecule has 0 radical (unpaired) electrons. The fourth-order valence-electron chi connectivity index (χ4n) is 6.39. The van der Waals surface area contributed by atoms with E-state index in [0.717, 1.165) is 70.2 Å². The number of Topliss-reactive ketones (excluding diaryl/α,β-unsaturated/α-hetero) is 1. The van der Waals surface area contributed by atoms with Gasteiger partial charge >= 0.3 is 54.7 Å². The lowest BCUT2D eigenvalue weighted by Crippen LogP contribution is -2.63. The van der Waals surface area contributed by atoms with Gasteiger partial charge in [0.25, 0.3) is 0 Å². The molecule has 70 heavy (non-hydrogen) atoms. The largest absolute Gasteiger partial charge is 0.501 e. The van der Waals surface area contributed by atoms with Gasteiger partial charge < -0.3 is 46.3 Å². The van der Waals surface area contributed by atoms with Gasteiger partial charge in [0, 0.05) is 63.3 Å². The molecule has 0 aromatic heterocycles. The summed E-state index contributed by atoms with van der Waals surface area (Å²) in [5.41, 5.74) is 8.11. The van der Waals surface area contributed by atoms with Crippen molar-refractivity contribution in [1.29, 1.82) is 0 Å². The van der Waals surface area contributed by atoms with Crippen LogP contribution < -0.4 is 17.8 Å². The number of rotatable bonds is 26. The molecule has 0 N–H and O–H groups in total. The number of halogens is 2. The van der Waals surface area contributed by atoms with Gasteiger partial charge in [-0.25, -0.2) is 0 Å². The van der Waals surface area contributed by atoms with E-state index < -0.39 is 121 Å². The molecular weight excluding hydrogens is 1000 g/mol. The van der Waals surface area contributed by atoms with E-state index in [1.165, 1.54) is 18.2 Å². The molecular formula is C41H45F2N3O21S3. The summed E-state index contributed by atoms with van der Waals surface area (Å²) in [7, 11) is -15.4. The van der Waals surface area contributed by atoms with E-state index in [4.69, 9.17) is 51.8 Å². The molecule has 4 rings (SSSR count). The Balaban J connectivity index is 1.65. The Morgan fingerprint density at radius 1 is 0.700 bits per heavy atom. The number of hydrogen-bond donors (Lipinski definition) is 0. The first-order chi connectivity index (χ1) is 32.8. The molecule has 0 amide bonds. The van der Waals surface area contributed by atoms with Gasteiger partial charge in [-0.1, -0.05) is 23.3 Å². The number of nitrogens with zero attached hydrogens (tertiary/aromatic N) is 3. The number of ether oxygens (including phenoxy) is 8. The molecule has 3 aromatic rings.